The van der Waals surface area contributed by atoms with E-state index in [0.29, 0.717) is 13.0 Å². The SMILES string of the molecule is COc1cc2c(c(OCCCC=O)c1)CC(N)C2. The lowest BCUT2D eigenvalue weighted by atomic mass is 10.1. The molecule has 0 fully saturated rings. The summed E-state index contributed by atoms with van der Waals surface area (Å²) < 4.78 is 11.0. The van der Waals surface area contributed by atoms with E-state index in [4.69, 9.17) is 15.2 Å². The fourth-order valence-corrected chi connectivity index (χ4v) is 2.30. The van der Waals surface area contributed by atoms with E-state index in [2.05, 4.69) is 0 Å². The minimum absolute atomic E-state index is 0.171. The zero-order valence-corrected chi connectivity index (χ0v) is 10.6. The highest BCUT2D eigenvalue weighted by Crippen LogP contribution is 2.34. The quantitative estimate of drug-likeness (QED) is 0.612. The van der Waals surface area contributed by atoms with Crippen molar-refractivity contribution in [2.45, 2.75) is 31.7 Å². The standard InChI is InChI=1S/C14H19NO3/c1-17-12-7-10-6-11(15)8-13(10)14(9-12)18-5-3-2-4-16/h4,7,9,11H,2-3,5-6,8,15H2,1H3. The number of nitrogens with two attached hydrogens (primary N) is 1. The average Bonchev–Trinajstić information content (AvgIpc) is 2.74. The lowest BCUT2D eigenvalue weighted by molar-refractivity contribution is -0.108. The minimum Gasteiger partial charge on any atom is -0.497 e. The smallest absolute Gasteiger partial charge is 0.126 e. The number of benzene rings is 1. The molecule has 2 rings (SSSR count). The summed E-state index contributed by atoms with van der Waals surface area (Å²) in [5, 5.41) is 0. The molecule has 0 bridgehead atoms. The van der Waals surface area contributed by atoms with Gasteiger partial charge in [-0.1, -0.05) is 0 Å². The van der Waals surface area contributed by atoms with Crippen LogP contribution in [0.2, 0.25) is 0 Å². The molecule has 1 aliphatic carbocycles. The van der Waals surface area contributed by atoms with Crippen LogP contribution in [-0.2, 0) is 17.6 Å². The second-order valence-corrected chi connectivity index (χ2v) is 4.59. The van der Waals surface area contributed by atoms with Gasteiger partial charge in [0, 0.05) is 18.5 Å². The number of carbonyl (C=O) groups is 1. The normalized spacial score (nSPS) is 17.3. The maximum absolute atomic E-state index is 10.3. The van der Waals surface area contributed by atoms with E-state index in [0.717, 1.165) is 37.0 Å². The van der Waals surface area contributed by atoms with Gasteiger partial charge >= 0.3 is 0 Å². The largest absolute Gasteiger partial charge is 0.497 e. The molecule has 1 aromatic rings. The first-order chi connectivity index (χ1) is 8.74. The first-order valence-electron chi connectivity index (χ1n) is 6.26. The molecule has 4 heteroatoms. The van der Waals surface area contributed by atoms with Crippen LogP contribution in [0.1, 0.15) is 24.0 Å². The molecule has 0 saturated carbocycles. The van der Waals surface area contributed by atoms with Gasteiger partial charge in [-0.3, -0.25) is 0 Å². The molecule has 0 radical (unpaired) electrons. The number of carbonyl (C=O) groups excluding carboxylic acids is 1. The Morgan fingerprint density at radius 1 is 1.44 bits per heavy atom. The van der Waals surface area contributed by atoms with Crippen molar-refractivity contribution in [3.8, 4) is 11.5 Å². The van der Waals surface area contributed by atoms with Gasteiger partial charge in [0.1, 0.15) is 17.8 Å². The van der Waals surface area contributed by atoms with Crippen LogP contribution in [-0.4, -0.2) is 26.0 Å². The van der Waals surface area contributed by atoms with Gasteiger partial charge < -0.3 is 20.0 Å². The summed E-state index contributed by atoms with van der Waals surface area (Å²) in [6.07, 6.45) is 3.90. The molecule has 4 nitrogen and oxygen atoms in total. The van der Waals surface area contributed by atoms with E-state index in [-0.39, 0.29) is 6.04 Å². The van der Waals surface area contributed by atoms with Crippen LogP contribution in [0.25, 0.3) is 0 Å². The van der Waals surface area contributed by atoms with Crippen molar-refractivity contribution in [3.05, 3.63) is 23.3 Å². The van der Waals surface area contributed by atoms with Gasteiger partial charge in [0.2, 0.25) is 0 Å². The zero-order valence-electron chi connectivity index (χ0n) is 10.6. The third kappa shape index (κ3) is 2.82. The Morgan fingerprint density at radius 3 is 3.00 bits per heavy atom. The van der Waals surface area contributed by atoms with Crippen LogP contribution in [0, 0.1) is 0 Å². The molecule has 0 spiro atoms. The molecule has 0 aromatic heterocycles. The topological polar surface area (TPSA) is 61.5 Å². The maximum atomic E-state index is 10.3. The van der Waals surface area contributed by atoms with E-state index in [1.165, 1.54) is 11.1 Å². The Kier molecular flexibility index (Phi) is 4.20. The number of hydrogen-bond acceptors (Lipinski definition) is 4. The summed E-state index contributed by atoms with van der Waals surface area (Å²) in [4.78, 5) is 10.3. The Morgan fingerprint density at radius 2 is 2.28 bits per heavy atom. The molecule has 18 heavy (non-hydrogen) atoms. The molecule has 1 aromatic carbocycles. The third-order valence-corrected chi connectivity index (χ3v) is 3.18. The van der Waals surface area contributed by atoms with Gasteiger partial charge in [-0.15, -0.1) is 0 Å². The van der Waals surface area contributed by atoms with Crippen LogP contribution in [0.4, 0.5) is 0 Å². The van der Waals surface area contributed by atoms with E-state index in [1.54, 1.807) is 7.11 Å². The predicted octanol–water partition coefficient (Wildman–Crippen LogP) is 1.48. The lowest BCUT2D eigenvalue weighted by Crippen LogP contribution is -2.19. The van der Waals surface area contributed by atoms with Crippen LogP contribution in [0.15, 0.2) is 12.1 Å². The molecular weight excluding hydrogens is 230 g/mol. The second-order valence-electron chi connectivity index (χ2n) is 4.59. The van der Waals surface area contributed by atoms with Gasteiger partial charge in [0.05, 0.1) is 13.7 Å². The molecule has 2 N–H and O–H groups in total. The maximum Gasteiger partial charge on any atom is 0.126 e. The number of aldehydes is 1. The van der Waals surface area contributed by atoms with E-state index < -0.39 is 0 Å². The first kappa shape index (κ1) is 12.9. The average molecular weight is 249 g/mol. The number of methoxy groups -OCH3 is 1. The Hall–Kier alpha value is -1.55. The molecule has 1 unspecified atom stereocenters. The van der Waals surface area contributed by atoms with Gasteiger partial charge in [0.25, 0.3) is 0 Å². The Bertz CT molecular complexity index is 431. The van der Waals surface area contributed by atoms with Crippen molar-refractivity contribution >= 4 is 6.29 Å². The highest BCUT2D eigenvalue weighted by molar-refractivity contribution is 5.50. The van der Waals surface area contributed by atoms with Gasteiger partial charge in [-0.05, 0) is 36.5 Å². The summed E-state index contributed by atoms with van der Waals surface area (Å²) in [5.41, 5.74) is 8.38. The highest BCUT2D eigenvalue weighted by atomic mass is 16.5. The first-order valence-corrected chi connectivity index (χ1v) is 6.26. The zero-order chi connectivity index (χ0) is 13.0. The minimum atomic E-state index is 0.171. The van der Waals surface area contributed by atoms with Gasteiger partial charge in [-0.2, -0.15) is 0 Å². The number of ether oxygens (including phenoxy) is 2. The monoisotopic (exact) mass is 249 g/mol. The van der Waals surface area contributed by atoms with Crippen molar-refractivity contribution in [2.24, 2.45) is 5.73 Å². The van der Waals surface area contributed by atoms with Crippen molar-refractivity contribution < 1.29 is 14.3 Å². The molecule has 0 amide bonds. The lowest BCUT2D eigenvalue weighted by Gasteiger charge is -2.12. The van der Waals surface area contributed by atoms with Crippen LogP contribution >= 0.6 is 0 Å². The van der Waals surface area contributed by atoms with E-state index in [1.807, 2.05) is 12.1 Å². The van der Waals surface area contributed by atoms with E-state index >= 15 is 0 Å². The second kappa shape index (κ2) is 5.87. The third-order valence-electron chi connectivity index (χ3n) is 3.18. The fraction of sp³-hybridized carbons (Fsp3) is 0.500. The van der Waals surface area contributed by atoms with Crippen molar-refractivity contribution in [2.75, 3.05) is 13.7 Å². The molecule has 1 aliphatic rings. The number of rotatable bonds is 6. The summed E-state index contributed by atoms with van der Waals surface area (Å²) >= 11 is 0. The summed E-state index contributed by atoms with van der Waals surface area (Å²) in [6, 6.07) is 4.10. The number of fused-ring (bicyclic) bond motifs is 1. The Balaban J connectivity index is 2.13. The van der Waals surface area contributed by atoms with Crippen molar-refractivity contribution in [1.82, 2.24) is 0 Å². The van der Waals surface area contributed by atoms with Gasteiger partial charge in [0.15, 0.2) is 0 Å². The fourth-order valence-electron chi connectivity index (χ4n) is 2.30. The summed E-state index contributed by atoms with van der Waals surface area (Å²) in [7, 11) is 1.65. The molecule has 0 aliphatic heterocycles. The summed E-state index contributed by atoms with van der Waals surface area (Å²) in [6.45, 7) is 0.549. The number of unbranched alkanes of at least 4 members (excludes halogenated alkanes) is 1. The van der Waals surface area contributed by atoms with E-state index in [9.17, 15) is 4.79 Å². The molecule has 1 atom stereocenters. The van der Waals surface area contributed by atoms with Crippen molar-refractivity contribution in [3.63, 3.8) is 0 Å². The van der Waals surface area contributed by atoms with Crippen LogP contribution < -0.4 is 15.2 Å². The molecular formula is C14H19NO3. The molecule has 0 heterocycles. The predicted molar refractivity (Wildman–Crippen MR) is 69.2 cm³/mol. The Labute approximate surface area is 107 Å². The number of hydrogen-bond donors (Lipinski definition) is 1. The molecule has 98 valence electrons. The van der Waals surface area contributed by atoms with Crippen LogP contribution in [0.3, 0.4) is 0 Å². The summed E-state index contributed by atoms with van der Waals surface area (Å²) in [5.74, 6) is 1.65. The van der Waals surface area contributed by atoms with Gasteiger partial charge in [-0.25, -0.2) is 0 Å². The molecule has 0 saturated heterocycles. The van der Waals surface area contributed by atoms with Crippen LogP contribution in [0.5, 0.6) is 11.5 Å². The van der Waals surface area contributed by atoms with Crippen molar-refractivity contribution in [1.29, 1.82) is 0 Å². The highest BCUT2D eigenvalue weighted by Gasteiger charge is 2.23.